The Hall–Kier alpha value is -1.61. The first-order valence-electron chi connectivity index (χ1n) is 6.18. The fourth-order valence-corrected chi connectivity index (χ4v) is 2.35. The van der Waals surface area contributed by atoms with Gasteiger partial charge in [-0.2, -0.15) is 0 Å². The summed E-state index contributed by atoms with van der Waals surface area (Å²) in [6.07, 6.45) is 0.575. The molecule has 0 aliphatic carbocycles. The van der Waals surface area contributed by atoms with Crippen molar-refractivity contribution in [2.24, 2.45) is 5.73 Å². The van der Waals surface area contributed by atoms with Gasteiger partial charge >= 0.3 is 0 Å². The zero-order chi connectivity index (χ0) is 13.5. The van der Waals surface area contributed by atoms with Crippen LogP contribution >= 0.6 is 0 Å². The molecule has 0 saturated carbocycles. The number of aromatic amines is 1. The minimum absolute atomic E-state index is 0.0343. The fourth-order valence-electron chi connectivity index (χ4n) is 2.35. The van der Waals surface area contributed by atoms with E-state index in [4.69, 9.17) is 5.73 Å². The van der Waals surface area contributed by atoms with Gasteiger partial charge in [0.15, 0.2) is 0 Å². The number of hydrogen-bond acceptors (Lipinski definition) is 2. The van der Waals surface area contributed by atoms with Crippen LogP contribution in [0.5, 0.6) is 0 Å². The SMILES string of the molecule is Cc1cc(C)c2[nH]c(=O)c(CC(C)(C)N)cc2c1. The first kappa shape index (κ1) is 12.8. The van der Waals surface area contributed by atoms with Gasteiger partial charge in [-0.25, -0.2) is 0 Å². The van der Waals surface area contributed by atoms with Gasteiger partial charge in [0, 0.05) is 11.1 Å². The predicted molar refractivity (Wildman–Crippen MR) is 76.0 cm³/mol. The molecule has 3 heteroatoms. The van der Waals surface area contributed by atoms with Crippen LogP contribution in [0.15, 0.2) is 23.0 Å². The second-order valence-corrected chi connectivity index (χ2v) is 5.84. The smallest absolute Gasteiger partial charge is 0.251 e. The van der Waals surface area contributed by atoms with E-state index in [0.717, 1.165) is 22.0 Å². The maximum Gasteiger partial charge on any atom is 0.251 e. The van der Waals surface area contributed by atoms with Crippen molar-refractivity contribution < 1.29 is 0 Å². The summed E-state index contributed by atoms with van der Waals surface area (Å²) >= 11 is 0. The molecule has 0 aliphatic heterocycles. The topological polar surface area (TPSA) is 58.9 Å². The van der Waals surface area contributed by atoms with Crippen molar-refractivity contribution in [2.75, 3.05) is 0 Å². The molecular formula is C15H20N2O. The van der Waals surface area contributed by atoms with Crippen molar-refractivity contribution in [1.82, 2.24) is 4.98 Å². The maximum atomic E-state index is 12.0. The summed E-state index contributed by atoms with van der Waals surface area (Å²) in [5, 5.41) is 1.08. The Morgan fingerprint density at radius 1 is 1.22 bits per heavy atom. The van der Waals surface area contributed by atoms with Gasteiger partial charge in [0.25, 0.3) is 5.56 Å². The lowest BCUT2D eigenvalue weighted by molar-refractivity contribution is 0.514. The van der Waals surface area contributed by atoms with E-state index in [-0.39, 0.29) is 11.1 Å². The lowest BCUT2D eigenvalue weighted by Gasteiger charge is -2.18. The van der Waals surface area contributed by atoms with Crippen molar-refractivity contribution >= 4 is 10.9 Å². The van der Waals surface area contributed by atoms with Gasteiger partial charge in [0.05, 0.1) is 5.52 Å². The molecule has 0 amide bonds. The van der Waals surface area contributed by atoms with Gasteiger partial charge in [-0.15, -0.1) is 0 Å². The average molecular weight is 244 g/mol. The second-order valence-electron chi connectivity index (χ2n) is 5.84. The van der Waals surface area contributed by atoms with Crippen LogP contribution in [0.2, 0.25) is 0 Å². The molecule has 1 heterocycles. The Morgan fingerprint density at radius 3 is 2.50 bits per heavy atom. The third-order valence-corrected chi connectivity index (χ3v) is 3.02. The number of nitrogens with one attached hydrogen (secondary N) is 1. The molecule has 0 radical (unpaired) electrons. The number of aryl methyl sites for hydroxylation is 2. The minimum atomic E-state index is -0.375. The molecule has 0 saturated heterocycles. The summed E-state index contributed by atoms with van der Waals surface area (Å²) in [7, 11) is 0. The third kappa shape index (κ3) is 2.62. The van der Waals surface area contributed by atoms with Crippen LogP contribution in [0.25, 0.3) is 10.9 Å². The highest BCUT2D eigenvalue weighted by Crippen LogP contribution is 2.19. The van der Waals surface area contributed by atoms with Crippen LogP contribution in [0.1, 0.15) is 30.5 Å². The lowest BCUT2D eigenvalue weighted by Crippen LogP contribution is -2.36. The molecule has 18 heavy (non-hydrogen) atoms. The second kappa shape index (κ2) is 4.25. The zero-order valence-corrected chi connectivity index (χ0v) is 11.4. The summed E-state index contributed by atoms with van der Waals surface area (Å²) in [6, 6.07) is 6.12. The summed E-state index contributed by atoms with van der Waals surface area (Å²) in [4.78, 5) is 15.0. The number of aromatic nitrogens is 1. The van der Waals surface area contributed by atoms with Gasteiger partial charge in [-0.3, -0.25) is 4.79 Å². The van der Waals surface area contributed by atoms with Crippen molar-refractivity contribution in [3.63, 3.8) is 0 Å². The number of fused-ring (bicyclic) bond motifs is 1. The zero-order valence-electron chi connectivity index (χ0n) is 11.4. The van der Waals surface area contributed by atoms with E-state index >= 15 is 0 Å². The molecule has 0 atom stereocenters. The van der Waals surface area contributed by atoms with Crippen molar-refractivity contribution in [3.8, 4) is 0 Å². The number of hydrogen-bond donors (Lipinski definition) is 2. The first-order chi connectivity index (χ1) is 8.26. The van der Waals surface area contributed by atoms with Crippen molar-refractivity contribution in [3.05, 3.63) is 45.2 Å². The van der Waals surface area contributed by atoms with E-state index in [1.807, 2.05) is 26.8 Å². The van der Waals surface area contributed by atoms with Crippen molar-refractivity contribution in [1.29, 1.82) is 0 Å². The molecule has 0 aliphatic rings. The molecule has 2 rings (SSSR count). The molecule has 2 aromatic rings. The van der Waals surface area contributed by atoms with Crippen LogP contribution in [-0.4, -0.2) is 10.5 Å². The lowest BCUT2D eigenvalue weighted by atomic mass is 9.95. The highest BCUT2D eigenvalue weighted by atomic mass is 16.1. The Balaban J connectivity index is 2.65. The van der Waals surface area contributed by atoms with Gasteiger partial charge in [-0.05, 0) is 57.2 Å². The Labute approximate surface area is 107 Å². The molecule has 3 nitrogen and oxygen atoms in total. The summed E-state index contributed by atoms with van der Waals surface area (Å²) in [5.41, 5.74) is 9.55. The van der Waals surface area contributed by atoms with E-state index in [2.05, 4.69) is 24.0 Å². The number of H-pyrrole nitrogens is 1. The third-order valence-electron chi connectivity index (χ3n) is 3.02. The summed E-state index contributed by atoms with van der Waals surface area (Å²) in [5.74, 6) is 0. The van der Waals surface area contributed by atoms with E-state index < -0.39 is 0 Å². The number of rotatable bonds is 2. The highest BCUT2D eigenvalue weighted by Gasteiger charge is 2.15. The normalized spacial score (nSPS) is 12.1. The molecule has 1 aromatic heterocycles. The van der Waals surface area contributed by atoms with Crippen molar-refractivity contribution in [2.45, 2.75) is 39.7 Å². The van der Waals surface area contributed by atoms with E-state index in [9.17, 15) is 4.79 Å². The van der Waals surface area contributed by atoms with Crippen LogP contribution in [-0.2, 0) is 6.42 Å². The molecule has 0 spiro atoms. The fraction of sp³-hybridized carbons (Fsp3) is 0.400. The number of pyridine rings is 1. The van der Waals surface area contributed by atoms with E-state index in [1.165, 1.54) is 5.56 Å². The first-order valence-corrected chi connectivity index (χ1v) is 6.18. The van der Waals surface area contributed by atoms with Gasteiger partial charge in [0.2, 0.25) is 0 Å². The Bertz CT molecular complexity index is 648. The molecule has 0 unspecified atom stereocenters. The van der Waals surface area contributed by atoms with Gasteiger partial charge in [-0.1, -0.05) is 11.6 Å². The standard InChI is InChI=1S/C15H20N2O/c1-9-5-10(2)13-11(6-9)7-12(14(18)17-13)8-15(3,4)16/h5-7H,8,16H2,1-4H3,(H,17,18). The summed E-state index contributed by atoms with van der Waals surface area (Å²) < 4.78 is 0. The Morgan fingerprint density at radius 2 is 1.89 bits per heavy atom. The average Bonchev–Trinajstić information content (AvgIpc) is 2.18. The predicted octanol–water partition coefficient (Wildman–Crippen LogP) is 2.42. The van der Waals surface area contributed by atoms with Gasteiger partial charge in [0.1, 0.15) is 0 Å². The molecule has 0 fully saturated rings. The quantitative estimate of drug-likeness (QED) is 0.852. The number of benzene rings is 1. The van der Waals surface area contributed by atoms with Crippen LogP contribution in [0.3, 0.4) is 0 Å². The van der Waals surface area contributed by atoms with E-state index in [1.54, 1.807) is 0 Å². The highest BCUT2D eigenvalue weighted by molar-refractivity contribution is 5.82. The molecular weight excluding hydrogens is 224 g/mol. The minimum Gasteiger partial charge on any atom is -0.325 e. The largest absolute Gasteiger partial charge is 0.325 e. The van der Waals surface area contributed by atoms with Crippen LogP contribution in [0, 0.1) is 13.8 Å². The molecule has 0 bridgehead atoms. The van der Waals surface area contributed by atoms with Crippen LogP contribution < -0.4 is 11.3 Å². The molecule has 3 N–H and O–H groups in total. The molecule has 96 valence electrons. The molecule has 1 aromatic carbocycles. The van der Waals surface area contributed by atoms with Crippen LogP contribution in [0.4, 0.5) is 0 Å². The Kier molecular flexibility index (Phi) is 3.03. The summed E-state index contributed by atoms with van der Waals surface area (Å²) in [6.45, 7) is 7.93. The number of nitrogens with two attached hydrogens (primary N) is 1. The monoisotopic (exact) mass is 244 g/mol. The van der Waals surface area contributed by atoms with Gasteiger partial charge < -0.3 is 10.7 Å². The maximum absolute atomic E-state index is 12.0. The van der Waals surface area contributed by atoms with E-state index in [0.29, 0.717) is 6.42 Å².